The number of nitrogens with zero attached hydrogens (tertiary/aromatic N) is 1. The second-order valence-corrected chi connectivity index (χ2v) is 6.50. The van der Waals surface area contributed by atoms with Gasteiger partial charge in [0.2, 0.25) is 5.91 Å². The maximum absolute atomic E-state index is 12.4. The van der Waals surface area contributed by atoms with Crippen LogP contribution < -0.4 is 0 Å². The van der Waals surface area contributed by atoms with E-state index in [-0.39, 0.29) is 11.8 Å². The summed E-state index contributed by atoms with van der Waals surface area (Å²) in [5.74, 6) is -0.153. The smallest absolute Gasteiger partial charge is 0.335 e. The van der Waals surface area contributed by atoms with Gasteiger partial charge < -0.3 is 14.7 Å². The first-order valence-electron chi connectivity index (χ1n) is 8.33. The highest BCUT2D eigenvalue weighted by Gasteiger charge is 2.30. The van der Waals surface area contributed by atoms with Crippen molar-refractivity contribution < 1.29 is 19.4 Å². The maximum Gasteiger partial charge on any atom is 0.335 e. The summed E-state index contributed by atoms with van der Waals surface area (Å²) in [4.78, 5) is 25.6. The molecule has 1 N–H and O–H groups in total. The average molecular weight is 317 g/mol. The number of piperidine rings is 1. The molecule has 2 fully saturated rings. The lowest BCUT2D eigenvalue weighted by atomic mass is 9.88. The minimum atomic E-state index is -0.866. The fraction of sp³-hybridized carbons (Fsp3) is 0.556. The number of ether oxygens (including phenoxy) is 1. The molecule has 0 radical (unpaired) electrons. The van der Waals surface area contributed by atoms with Crippen LogP contribution in [0.1, 0.15) is 35.2 Å². The summed E-state index contributed by atoms with van der Waals surface area (Å²) in [5.41, 5.74) is 1.29. The molecule has 1 atom stereocenters. The van der Waals surface area contributed by atoms with Crippen molar-refractivity contribution in [1.82, 2.24) is 4.90 Å². The molecular weight excluding hydrogens is 294 g/mol. The Kier molecular flexibility index (Phi) is 4.96. The van der Waals surface area contributed by atoms with Gasteiger partial charge in [-0.15, -0.1) is 0 Å². The van der Waals surface area contributed by atoms with Gasteiger partial charge in [-0.3, -0.25) is 4.79 Å². The summed E-state index contributed by atoms with van der Waals surface area (Å²) in [6.07, 6.45) is 3.49. The van der Waals surface area contributed by atoms with Gasteiger partial charge >= 0.3 is 5.97 Å². The molecule has 5 nitrogen and oxygen atoms in total. The van der Waals surface area contributed by atoms with Gasteiger partial charge in [0.25, 0.3) is 0 Å². The van der Waals surface area contributed by atoms with E-state index in [1.165, 1.54) is 0 Å². The molecule has 2 saturated heterocycles. The molecule has 1 aromatic carbocycles. The number of hydrogen-bond acceptors (Lipinski definition) is 3. The third kappa shape index (κ3) is 3.72. The second-order valence-electron chi connectivity index (χ2n) is 6.50. The van der Waals surface area contributed by atoms with Gasteiger partial charge in [0.1, 0.15) is 0 Å². The standard InChI is InChI=1S/C18H23NO4/c20-17(15-7-10-23-12-15)19-8-5-13(6-9-19)11-14-3-1-2-4-16(14)18(21)22/h1-4,13,15H,5-12H2,(H,21,22). The Morgan fingerprint density at radius 2 is 1.91 bits per heavy atom. The Morgan fingerprint density at radius 1 is 1.17 bits per heavy atom. The number of benzene rings is 1. The quantitative estimate of drug-likeness (QED) is 0.924. The van der Waals surface area contributed by atoms with Crippen LogP contribution in [0.4, 0.5) is 0 Å². The van der Waals surface area contributed by atoms with Crippen molar-refractivity contribution in [3.63, 3.8) is 0 Å². The fourth-order valence-electron chi connectivity index (χ4n) is 3.56. The molecule has 2 aliphatic rings. The Morgan fingerprint density at radius 3 is 2.57 bits per heavy atom. The van der Waals surface area contributed by atoms with Crippen LogP contribution in [0.15, 0.2) is 24.3 Å². The number of likely N-dealkylation sites (tertiary alicyclic amines) is 1. The van der Waals surface area contributed by atoms with Crippen molar-refractivity contribution in [2.75, 3.05) is 26.3 Å². The molecule has 0 aliphatic carbocycles. The normalized spacial score (nSPS) is 22.3. The maximum atomic E-state index is 12.4. The number of carbonyl (C=O) groups is 2. The molecule has 23 heavy (non-hydrogen) atoms. The lowest BCUT2D eigenvalue weighted by molar-refractivity contribution is -0.136. The average Bonchev–Trinajstić information content (AvgIpc) is 3.10. The monoisotopic (exact) mass is 317 g/mol. The number of carbonyl (C=O) groups excluding carboxylic acids is 1. The molecule has 0 aromatic heterocycles. The number of carboxylic acids is 1. The van der Waals surface area contributed by atoms with E-state index >= 15 is 0 Å². The molecule has 2 heterocycles. The van der Waals surface area contributed by atoms with E-state index < -0.39 is 5.97 Å². The van der Waals surface area contributed by atoms with Gasteiger partial charge in [-0.25, -0.2) is 4.79 Å². The van der Waals surface area contributed by atoms with E-state index in [1.54, 1.807) is 12.1 Å². The molecule has 124 valence electrons. The number of hydrogen-bond donors (Lipinski definition) is 1. The molecule has 1 unspecified atom stereocenters. The van der Waals surface area contributed by atoms with Crippen LogP contribution in [0.2, 0.25) is 0 Å². The Balaban J connectivity index is 1.55. The largest absolute Gasteiger partial charge is 0.478 e. The van der Waals surface area contributed by atoms with Gasteiger partial charge in [-0.2, -0.15) is 0 Å². The van der Waals surface area contributed by atoms with Crippen molar-refractivity contribution in [3.8, 4) is 0 Å². The minimum absolute atomic E-state index is 0.0410. The lowest BCUT2D eigenvalue weighted by Crippen LogP contribution is -2.42. The highest BCUT2D eigenvalue weighted by molar-refractivity contribution is 5.89. The summed E-state index contributed by atoms with van der Waals surface area (Å²) in [7, 11) is 0. The van der Waals surface area contributed by atoms with Crippen molar-refractivity contribution in [1.29, 1.82) is 0 Å². The lowest BCUT2D eigenvalue weighted by Gasteiger charge is -2.33. The number of amides is 1. The first-order chi connectivity index (χ1) is 11.1. The molecule has 3 rings (SSSR count). The van der Waals surface area contributed by atoms with E-state index in [0.717, 1.165) is 44.3 Å². The highest BCUT2D eigenvalue weighted by Crippen LogP contribution is 2.25. The summed E-state index contributed by atoms with van der Waals surface area (Å²) in [5, 5.41) is 9.27. The Labute approximate surface area is 136 Å². The van der Waals surface area contributed by atoms with E-state index in [2.05, 4.69) is 0 Å². The van der Waals surface area contributed by atoms with Crippen LogP contribution in [-0.4, -0.2) is 48.2 Å². The number of rotatable bonds is 4. The van der Waals surface area contributed by atoms with Crippen molar-refractivity contribution >= 4 is 11.9 Å². The predicted octanol–water partition coefficient (Wildman–Crippen LogP) is 2.20. The second kappa shape index (κ2) is 7.13. The first-order valence-corrected chi connectivity index (χ1v) is 8.33. The van der Waals surface area contributed by atoms with Gasteiger partial charge in [0.15, 0.2) is 0 Å². The van der Waals surface area contributed by atoms with E-state index in [1.807, 2.05) is 17.0 Å². The van der Waals surface area contributed by atoms with Gasteiger partial charge in [0, 0.05) is 19.7 Å². The van der Waals surface area contributed by atoms with Crippen LogP contribution in [-0.2, 0) is 16.0 Å². The van der Waals surface area contributed by atoms with Crippen molar-refractivity contribution in [2.24, 2.45) is 11.8 Å². The van der Waals surface area contributed by atoms with E-state index in [0.29, 0.717) is 24.7 Å². The van der Waals surface area contributed by atoms with Crippen LogP contribution in [0, 0.1) is 11.8 Å². The molecule has 0 spiro atoms. The van der Waals surface area contributed by atoms with Gasteiger partial charge in [0.05, 0.1) is 18.1 Å². The molecule has 1 aromatic rings. The minimum Gasteiger partial charge on any atom is -0.478 e. The molecule has 0 saturated carbocycles. The molecule has 5 heteroatoms. The third-order valence-corrected chi connectivity index (χ3v) is 4.96. The Hall–Kier alpha value is -1.88. The zero-order valence-electron chi connectivity index (χ0n) is 13.2. The predicted molar refractivity (Wildman–Crippen MR) is 85.3 cm³/mol. The topological polar surface area (TPSA) is 66.8 Å². The molecule has 2 aliphatic heterocycles. The number of aromatic carboxylic acids is 1. The first kappa shape index (κ1) is 16.0. The third-order valence-electron chi connectivity index (χ3n) is 4.96. The van der Waals surface area contributed by atoms with Crippen LogP contribution in [0.25, 0.3) is 0 Å². The van der Waals surface area contributed by atoms with Crippen molar-refractivity contribution in [3.05, 3.63) is 35.4 Å². The number of carboxylic acid groups (broad SMARTS) is 1. The van der Waals surface area contributed by atoms with Crippen LogP contribution in [0.3, 0.4) is 0 Å². The molecule has 0 bridgehead atoms. The van der Waals surface area contributed by atoms with Crippen LogP contribution >= 0.6 is 0 Å². The summed E-state index contributed by atoms with van der Waals surface area (Å²) in [6.45, 7) is 2.80. The van der Waals surface area contributed by atoms with Crippen LogP contribution in [0.5, 0.6) is 0 Å². The molecule has 1 amide bonds. The highest BCUT2D eigenvalue weighted by atomic mass is 16.5. The summed E-state index contributed by atoms with van der Waals surface area (Å²) in [6, 6.07) is 7.21. The van der Waals surface area contributed by atoms with Gasteiger partial charge in [-0.05, 0) is 43.2 Å². The zero-order valence-corrected chi connectivity index (χ0v) is 13.2. The zero-order chi connectivity index (χ0) is 16.2. The molecular formula is C18H23NO4. The summed E-state index contributed by atoms with van der Waals surface area (Å²) < 4.78 is 5.30. The van der Waals surface area contributed by atoms with Gasteiger partial charge in [-0.1, -0.05) is 18.2 Å². The van der Waals surface area contributed by atoms with Crippen molar-refractivity contribution in [2.45, 2.75) is 25.7 Å². The van der Waals surface area contributed by atoms with E-state index in [4.69, 9.17) is 4.74 Å². The van der Waals surface area contributed by atoms with E-state index in [9.17, 15) is 14.7 Å². The fourth-order valence-corrected chi connectivity index (χ4v) is 3.56. The summed E-state index contributed by atoms with van der Waals surface area (Å²) >= 11 is 0. The Bertz CT molecular complexity index is 572. The SMILES string of the molecule is O=C(O)c1ccccc1CC1CCN(C(=O)C2CCOC2)CC1.